The van der Waals surface area contributed by atoms with E-state index in [1.54, 1.807) is 0 Å². The van der Waals surface area contributed by atoms with Crippen LogP contribution in [0.3, 0.4) is 0 Å². The number of benzene rings is 1. The lowest BCUT2D eigenvalue weighted by atomic mass is 10.1. The molecule has 1 aliphatic heterocycles. The minimum Gasteiger partial charge on any atom is -0.409 e. The van der Waals surface area contributed by atoms with Crippen LogP contribution < -0.4 is 10.6 Å². The maximum absolute atomic E-state index is 8.71. The monoisotopic (exact) mass is 326 g/mol. The highest BCUT2D eigenvalue weighted by atomic mass is 79.9. The van der Waals surface area contributed by atoms with E-state index in [4.69, 9.17) is 10.9 Å². The molecule has 6 heteroatoms. The molecule has 1 fully saturated rings. The second kappa shape index (κ2) is 6.25. The van der Waals surface area contributed by atoms with Gasteiger partial charge < -0.3 is 20.7 Å². The molecule has 0 saturated carbocycles. The van der Waals surface area contributed by atoms with Crippen LogP contribution in [0.15, 0.2) is 27.8 Å². The molecule has 0 radical (unpaired) electrons. The molecule has 1 aliphatic rings. The molecule has 1 heterocycles. The van der Waals surface area contributed by atoms with Crippen LogP contribution >= 0.6 is 15.9 Å². The van der Waals surface area contributed by atoms with Crippen LogP contribution in [-0.4, -0.2) is 48.7 Å². The van der Waals surface area contributed by atoms with Crippen LogP contribution in [0.5, 0.6) is 0 Å². The maximum Gasteiger partial charge on any atom is 0.171 e. The molecule has 0 spiro atoms. The van der Waals surface area contributed by atoms with Gasteiger partial charge in [-0.3, -0.25) is 0 Å². The predicted molar refractivity (Wildman–Crippen MR) is 81.0 cm³/mol. The number of halogens is 1. The molecular formula is C13H19BrN4O. The van der Waals surface area contributed by atoms with Crippen molar-refractivity contribution in [3.8, 4) is 0 Å². The maximum atomic E-state index is 8.71. The van der Waals surface area contributed by atoms with Crippen LogP contribution in [0.25, 0.3) is 0 Å². The Morgan fingerprint density at radius 2 is 2.05 bits per heavy atom. The third-order valence-electron chi connectivity index (χ3n) is 3.52. The second-order valence-electron chi connectivity index (χ2n) is 4.57. The van der Waals surface area contributed by atoms with Crippen molar-refractivity contribution in [3.63, 3.8) is 0 Å². The minimum atomic E-state index is 0.120. The van der Waals surface area contributed by atoms with Gasteiger partial charge in [-0.1, -0.05) is 12.1 Å². The van der Waals surface area contributed by atoms with Gasteiger partial charge in [-0.25, -0.2) is 0 Å². The molecule has 104 valence electrons. The molecule has 1 aromatic rings. The van der Waals surface area contributed by atoms with Crippen LogP contribution in [0.1, 0.15) is 12.5 Å². The molecule has 19 heavy (non-hydrogen) atoms. The van der Waals surface area contributed by atoms with Gasteiger partial charge in [0.2, 0.25) is 0 Å². The molecule has 0 atom stereocenters. The zero-order valence-electron chi connectivity index (χ0n) is 11.0. The summed E-state index contributed by atoms with van der Waals surface area (Å²) in [6.07, 6.45) is 0. The summed E-state index contributed by atoms with van der Waals surface area (Å²) in [5.41, 5.74) is 7.48. The van der Waals surface area contributed by atoms with Crippen LogP contribution in [0.4, 0.5) is 5.69 Å². The first kappa shape index (κ1) is 14.1. The lowest BCUT2D eigenvalue weighted by molar-refractivity contribution is 0.271. The van der Waals surface area contributed by atoms with Gasteiger partial charge in [-0.15, -0.1) is 0 Å². The predicted octanol–water partition coefficient (Wildman–Crippen LogP) is 1.69. The summed E-state index contributed by atoms with van der Waals surface area (Å²) in [5.74, 6) is 0.120. The van der Waals surface area contributed by atoms with Crippen LogP contribution in [0, 0.1) is 0 Å². The second-order valence-corrected chi connectivity index (χ2v) is 5.43. The molecule has 0 amide bonds. The highest BCUT2D eigenvalue weighted by Gasteiger charge is 2.17. The van der Waals surface area contributed by atoms with Gasteiger partial charge in [0.25, 0.3) is 0 Å². The first-order chi connectivity index (χ1) is 9.15. The summed E-state index contributed by atoms with van der Waals surface area (Å²) in [6.45, 7) is 7.55. The lowest BCUT2D eigenvalue weighted by Gasteiger charge is -2.35. The SMILES string of the molecule is CCN1CCN(c2ccc(/C(N)=N/O)c(Br)c2)CC1. The zero-order valence-corrected chi connectivity index (χ0v) is 12.6. The van der Waals surface area contributed by atoms with Gasteiger partial charge in [-0.2, -0.15) is 0 Å². The zero-order chi connectivity index (χ0) is 13.8. The summed E-state index contributed by atoms with van der Waals surface area (Å²) in [7, 11) is 0. The number of rotatable bonds is 3. The minimum absolute atomic E-state index is 0.120. The Kier molecular flexibility index (Phi) is 4.66. The number of hydrogen-bond donors (Lipinski definition) is 2. The summed E-state index contributed by atoms with van der Waals surface area (Å²) >= 11 is 3.47. The van der Waals surface area contributed by atoms with Crippen molar-refractivity contribution >= 4 is 27.5 Å². The molecular weight excluding hydrogens is 308 g/mol. The number of amidine groups is 1. The topological polar surface area (TPSA) is 65.1 Å². The fourth-order valence-electron chi connectivity index (χ4n) is 2.28. The number of likely N-dealkylation sites (N-methyl/N-ethyl adjacent to an activating group) is 1. The number of piperazine rings is 1. The quantitative estimate of drug-likeness (QED) is 0.384. The van der Waals surface area contributed by atoms with Crippen molar-refractivity contribution in [2.24, 2.45) is 10.9 Å². The molecule has 3 N–H and O–H groups in total. The molecule has 5 nitrogen and oxygen atoms in total. The summed E-state index contributed by atoms with van der Waals surface area (Å²) in [4.78, 5) is 4.79. The Hall–Kier alpha value is -1.27. The first-order valence-corrected chi connectivity index (χ1v) is 7.19. The normalized spacial score (nSPS) is 17.8. The van der Waals surface area contributed by atoms with E-state index in [-0.39, 0.29) is 5.84 Å². The Bertz CT molecular complexity index is 470. The van der Waals surface area contributed by atoms with Crippen molar-refractivity contribution < 1.29 is 5.21 Å². The van der Waals surface area contributed by atoms with Crippen molar-refractivity contribution in [3.05, 3.63) is 28.2 Å². The van der Waals surface area contributed by atoms with Crippen molar-refractivity contribution in [2.75, 3.05) is 37.6 Å². The van der Waals surface area contributed by atoms with Crippen molar-refractivity contribution in [1.82, 2.24) is 4.90 Å². The van der Waals surface area contributed by atoms with Gasteiger partial charge >= 0.3 is 0 Å². The average molecular weight is 327 g/mol. The lowest BCUT2D eigenvalue weighted by Crippen LogP contribution is -2.46. The molecule has 2 rings (SSSR count). The third kappa shape index (κ3) is 3.19. The van der Waals surface area contributed by atoms with E-state index in [0.717, 1.165) is 42.9 Å². The van der Waals surface area contributed by atoms with E-state index in [1.165, 1.54) is 0 Å². The molecule has 0 aromatic heterocycles. The average Bonchev–Trinajstić information content (AvgIpc) is 2.46. The van der Waals surface area contributed by atoms with Gasteiger partial charge in [0.15, 0.2) is 5.84 Å². The van der Waals surface area contributed by atoms with Crippen molar-refractivity contribution in [2.45, 2.75) is 6.92 Å². The summed E-state index contributed by atoms with van der Waals surface area (Å²) in [6, 6.07) is 5.91. The van der Waals surface area contributed by atoms with E-state index < -0.39 is 0 Å². The Labute approximate surface area is 121 Å². The van der Waals surface area contributed by atoms with E-state index in [1.807, 2.05) is 18.2 Å². The number of anilines is 1. The Morgan fingerprint density at radius 1 is 1.37 bits per heavy atom. The van der Waals surface area contributed by atoms with Gasteiger partial charge in [-0.05, 0) is 40.7 Å². The van der Waals surface area contributed by atoms with Gasteiger partial charge in [0.05, 0.1) is 0 Å². The fourth-order valence-corrected chi connectivity index (χ4v) is 2.85. The summed E-state index contributed by atoms with van der Waals surface area (Å²) in [5, 5.41) is 11.7. The van der Waals surface area contributed by atoms with E-state index in [0.29, 0.717) is 5.56 Å². The molecule has 0 unspecified atom stereocenters. The summed E-state index contributed by atoms with van der Waals surface area (Å²) < 4.78 is 0.846. The smallest absolute Gasteiger partial charge is 0.171 e. The number of oxime groups is 1. The van der Waals surface area contributed by atoms with E-state index in [9.17, 15) is 0 Å². The number of nitrogens with zero attached hydrogens (tertiary/aromatic N) is 3. The Morgan fingerprint density at radius 3 is 2.58 bits per heavy atom. The molecule has 0 aliphatic carbocycles. The third-order valence-corrected chi connectivity index (χ3v) is 4.18. The van der Waals surface area contributed by atoms with E-state index in [2.05, 4.69) is 37.8 Å². The molecule has 1 aromatic carbocycles. The molecule has 1 saturated heterocycles. The molecule has 0 bridgehead atoms. The van der Waals surface area contributed by atoms with Gasteiger partial charge in [0.1, 0.15) is 0 Å². The highest BCUT2D eigenvalue weighted by Crippen LogP contribution is 2.25. The fraction of sp³-hybridized carbons (Fsp3) is 0.462. The van der Waals surface area contributed by atoms with Crippen LogP contribution in [-0.2, 0) is 0 Å². The standard InChI is InChI=1S/C13H19BrN4O/c1-2-17-5-7-18(8-6-17)10-3-4-11(12(14)9-10)13(15)16-19/h3-4,9,19H,2,5-8H2,1H3,(H2,15,16). The van der Waals surface area contributed by atoms with Gasteiger partial charge in [0, 0.05) is 41.9 Å². The first-order valence-electron chi connectivity index (χ1n) is 6.40. The van der Waals surface area contributed by atoms with Crippen molar-refractivity contribution in [1.29, 1.82) is 0 Å². The highest BCUT2D eigenvalue weighted by molar-refractivity contribution is 9.10. The number of hydrogen-bond acceptors (Lipinski definition) is 4. The van der Waals surface area contributed by atoms with Crippen LogP contribution in [0.2, 0.25) is 0 Å². The number of nitrogens with two attached hydrogens (primary N) is 1. The largest absolute Gasteiger partial charge is 0.409 e. The Balaban J connectivity index is 2.12. The van der Waals surface area contributed by atoms with E-state index >= 15 is 0 Å².